The molecule has 0 aromatic rings. The molecule has 4 heteroatoms. The van der Waals surface area contributed by atoms with E-state index in [1.165, 1.54) is 82.6 Å². The molecule has 7 aliphatic carbocycles. The number of hydrogen-bond acceptors (Lipinski definition) is 2. The van der Waals surface area contributed by atoms with E-state index in [0.29, 0.717) is 22.8 Å². The highest BCUT2D eigenvalue weighted by Crippen LogP contribution is 2.71. The van der Waals surface area contributed by atoms with Crippen LogP contribution in [0.3, 0.4) is 0 Å². The van der Waals surface area contributed by atoms with Crippen molar-refractivity contribution in [2.45, 2.75) is 97.3 Å². The number of aliphatic imine (C=N–C) groups is 1. The Morgan fingerprint density at radius 3 is 2.24 bits per heavy atom. The summed E-state index contributed by atoms with van der Waals surface area (Å²) in [6, 6.07) is 0. The van der Waals surface area contributed by atoms with Gasteiger partial charge in [-0.15, -0.1) is 0 Å². The molecular weight excluding hydrogens is 408 g/mol. The van der Waals surface area contributed by atoms with Crippen molar-refractivity contribution in [3.63, 3.8) is 0 Å². The van der Waals surface area contributed by atoms with E-state index in [1.54, 1.807) is 0 Å². The average Bonchev–Trinajstić information content (AvgIpc) is 3.14. The van der Waals surface area contributed by atoms with Gasteiger partial charge >= 0.3 is 0 Å². The second-order valence-electron chi connectivity index (χ2n) is 13.9. The molecule has 0 aromatic carbocycles. The van der Waals surface area contributed by atoms with Crippen LogP contribution in [0.25, 0.3) is 0 Å². The summed E-state index contributed by atoms with van der Waals surface area (Å²) >= 11 is 0. The lowest BCUT2D eigenvalue weighted by Gasteiger charge is -2.64. The Morgan fingerprint density at radius 2 is 1.61 bits per heavy atom. The maximum absolute atomic E-state index is 13.4. The van der Waals surface area contributed by atoms with E-state index in [2.05, 4.69) is 18.8 Å². The maximum atomic E-state index is 13.4. The van der Waals surface area contributed by atoms with Gasteiger partial charge in [-0.2, -0.15) is 0 Å². The largest absolute Gasteiger partial charge is 0.365 e. The van der Waals surface area contributed by atoms with Crippen molar-refractivity contribution in [1.29, 1.82) is 0 Å². The molecule has 7 saturated carbocycles. The van der Waals surface area contributed by atoms with Crippen LogP contribution in [0, 0.1) is 51.8 Å². The third-order valence-corrected chi connectivity index (χ3v) is 12.3. The van der Waals surface area contributed by atoms with Gasteiger partial charge in [-0.25, -0.2) is 4.99 Å². The number of allylic oxidation sites excluding steroid dienone is 1. The first kappa shape index (κ1) is 20.9. The summed E-state index contributed by atoms with van der Waals surface area (Å²) in [6.45, 7) is 4.95. The number of rotatable bonds is 2. The lowest BCUT2D eigenvalue weighted by atomic mass is 9.40. The average molecular weight is 449 g/mol. The molecule has 8 rings (SSSR count). The quantitative estimate of drug-likeness (QED) is 0.559. The minimum Gasteiger partial charge on any atom is -0.365 e. The molecule has 8 aliphatic rings. The van der Waals surface area contributed by atoms with Crippen molar-refractivity contribution >= 4 is 17.5 Å². The smallest absolute Gasteiger partial charge is 0.282 e. The fourth-order valence-electron chi connectivity index (χ4n) is 11.7. The van der Waals surface area contributed by atoms with Crippen LogP contribution in [0.15, 0.2) is 16.1 Å². The predicted molar refractivity (Wildman–Crippen MR) is 128 cm³/mol. The van der Waals surface area contributed by atoms with E-state index in [1.807, 2.05) is 0 Å². The van der Waals surface area contributed by atoms with Gasteiger partial charge < -0.3 is 5.73 Å². The highest BCUT2D eigenvalue weighted by molar-refractivity contribution is 6.24. The zero-order chi connectivity index (χ0) is 22.8. The summed E-state index contributed by atoms with van der Waals surface area (Å²) in [6.07, 6.45) is 16.3. The minimum absolute atomic E-state index is 0.00301. The van der Waals surface area contributed by atoms with Gasteiger partial charge in [0.15, 0.2) is 0 Å². The molecule has 0 aromatic heterocycles. The number of dihydropyridines is 1. The van der Waals surface area contributed by atoms with E-state index in [0.717, 1.165) is 35.8 Å². The molecule has 2 N–H and O–H groups in total. The molecule has 1 heterocycles. The Kier molecular flexibility index (Phi) is 4.18. The molecule has 7 fully saturated rings. The zero-order valence-electron chi connectivity index (χ0n) is 20.5. The van der Waals surface area contributed by atoms with E-state index in [9.17, 15) is 9.59 Å². The highest BCUT2D eigenvalue weighted by Gasteiger charge is 2.64. The van der Waals surface area contributed by atoms with Crippen molar-refractivity contribution in [3.05, 3.63) is 11.1 Å². The second kappa shape index (κ2) is 6.61. The molecule has 4 nitrogen and oxygen atoms in total. The second-order valence-corrected chi connectivity index (χ2v) is 13.9. The fraction of sp³-hybridized carbons (Fsp3) is 0.828. The minimum atomic E-state index is -0.515. The van der Waals surface area contributed by atoms with Crippen LogP contribution in [0.5, 0.6) is 0 Å². The molecule has 5 atom stereocenters. The summed E-state index contributed by atoms with van der Waals surface area (Å²) in [5, 5.41) is 0. The first-order valence-electron chi connectivity index (χ1n) is 13.9. The molecule has 1 aliphatic heterocycles. The van der Waals surface area contributed by atoms with Crippen LogP contribution < -0.4 is 5.73 Å². The normalized spacial score (nSPS) is 52.3. The SMILES string of the molecule is C[C@@]12CCC[C@H]1[C@@H]1CCC3=NC(=O)C(C(N)=O)=C(C45CC6CC(CC(C6)C4)C5)[C@]3(C)[C@H]1CC2. The maximum Gasteiger partial charge on any atom is 0.282 e. The van der Waals surface area contributed by atoms with Crippen molar-refractivity contribution in [2.24, 2.45) is 62.5 Å². The van der Waals surface area contributed by atoms with Gasteiger partial charge in [-0.1, -0.05) is 20.3 Å². The molecule has 2 amide bonds. The van der Waals surface area contributed by atoms with Gasteiger partial charge in [0, 0.05) is 11.1 Å². The van der Waals surface area contributed by atoms with Crippen LogP contribution in [0.1, 0.15) is 97.3 Å². The first-order valence-corrected chi connectivity index (χ1v) is 13.9. The number of nitrogens with two attached hydrogens (primary N) is 1. The highest BCUT2D eigenvalue weighted by atomic mass is 16.2. The van der Waals surface area contributed by atoms with Gasteiger partial charge in [0.05, 0.1) is 0 Å². The number of fused-ring (bicyclic) bond motifs is 5. The summed E-state index contributed by atoms with van der Waals surface area (Å²) in [7, 11) is 0. The van der Waals surface area contributed by atoms with Gasteiger partial charge in [0.1, 0.15) is 5.57 Å². The molecule has 178 valence electrons. The zero-order valence-corrected chi connectivity index (χ0v) is 20.5. The molecule has 33 heavy (non-hydrogen) atoms. The van der Waals surface area contributed by atoms with E-state index >= 15 is 0 Å². The van der Waals surface area contributed by atoms with E-state index in [-0.39, 0.29) is 16.7 Å². The van der Waals surface area contributed by atoms with Crippen LogP contribution >= 0.6 is 0 Å². The topological polar surface area (TPSA) is 72.5 Å². The van der Waals surface area contributed by atoms with E-state index < -0.39 is 5.91 Å². The molecular formula is C29H40N2O2. The van der Waals surface area contributed by atoms with Crippen LogP contribution in [-0.2, 0) is 9.59 Å². The van der Waals surface area contributed by atoms with Crippen LogP contribution in [-0.4, -0.2) is 17.5 Å². The Morgan fingerprint density at radius 1 is 0.939 bits per heavy atom. The van der Waals surface area contributed by atoms with Crippen molar-refractivity contribution < 1.29 is 9.59 Å². The Bertz CT molecular complexity index is 972. The Labute approximate surface area is 198 Å². The third-order valence-electron chi connectivity index (χ3n) is 12.3. The Hall–Kier alpha value is -1.45. The number of nitrogens with zero attached hydrogens (tertiary/aromatic N) is 1. The Balaban J connectivity index is 1.41. The van der Waals surface area contributed by atoms with Crippen molar-refractivity contribution in [2.75, 3.05) is 0 Å². The summed E-state index contributed by atoms with van der Waals surface area (Å²) in [4.78, 5) is 31.0. The lowest BCUT2D eigenvalue weighted by Crippen LogP contribution is -2.59. The number of amides is 2. The van der Waals surface area contributed by atoms with Gasteiger partial charge in [-0.05, 0) is 129 Å². The van der Waals surface area contributed by atoms with Crippen molar-refractivity contribution in [3.8, 4) is 0 Å². The number of primary amides is 1. The van der Waals surface area contributed by atoms with E-state index in [4.69, 9.17) is 5.73 Å². The lowest BCUT2D eigenvalue weighted by molar-refractivity contribution is -0.122. The van der Waals surface area contributed by atoms with Crippen LogP contribution in [0.2, 0.25) is 0 Å². The molecule has 4 bridgehead atoms. The molecule has 0 unspecified atom stereocenters. The fourth-order valence-corrected chi connectivity index (χ4v) is 11.7. The van der Waals surface area contributed by atoms with Gasteiger partial charge in [-0.3, -0.25) is 9.59 Å². The monoisotopic (exact) mass is 448 g/mol. The number of carbonyl (C=O) groups excluding carboxylic acids is 2. The van der Waals surface area contributed by atoms with Gasteiger partial charge in [0.25, 0.3) is 11.8 Å². The summed E-state index contributed by atoms with van der Waals surface area (Å²) in [5.74, 6) is 3.46. The van der Waals surface area contributed by atoms with Gasteiger partial charge in [0.2, 0.25) is 0 Å². The number of hydrogen-bond donors (Lipinski definition) is 1. The molecule has 0 saturated heterocycles. The number of carbonyl (C=O) groups is 2. The first-order chi connectivity index (χ1) is 15.7. The molecule has 0 radical (unpaired) electrons. The predicted octanol–water partition coefficient (Wildman–Crippen LogP) is 5.60. The third kappa shape index (κ3) is 2.62. The van der Waals surface area contributed by atoms with Crippen molar-refractivity contribution in [1.82, 2.24) is 0 Å². The summed E-state index contributed by atoms with van der Waals surface area (Å²) < 4.78 is 0. The standard InChI is InChI=1S/C29H40N2O2/c1-27-8-3-4-20(27)19-5-6-22-28(2,21(19)7-9-27)24(23(25(30)32)26(33)31-22)29-13-16-10-17(14-29)12-18(11-16)15-29/h16-21H,3-15H2,1-2H3,(H2,30,32)/t16?,17?,18?,19-,20-,21-,27-,28+,29?/m0/s1. The van der Waals surface area contributed by atoms with Crippen LogP contribution in [0.4, 0.5) is 0 Å². The molecule has 0 spiro atoms. The summed E-state index contributed by atoms with van der Waals surface area (Å²) in [5.41, 5.74) is 8.89.